The van der Waals surface area contributed by atoms with Crippen LogP contribution in [0.3, 0.4) is 0 Å². The van der Waals surface area contributed by atoms with Crippen LogP contribution in [0.25, 0.3) is 10.8 Å². The Labute approximate surface area is 118 Å². The van der Waals surface area contributed by atoms with Gasteiger partial charge in [0.1, 0.15) is 0 Å². The molecule has 0 saturated heterocycles. The fraction of sp³-hybridized carbons (Fsp3) is 0.474. The van der Waals surface area contributed by atoms with Gasteiger partial charge in [-0.05, 0) is 10.8 Å². The molecule has 0 atom stereocenters. The average Bonchev–Trinajstić information content (AvgIpc) is 2.48. The quantitative estimate of drug-likeness (QED) is 0.511. The first kappa shape index (κ1) is 15.8. The largest absolute Gasteiger partial charge is 0.0654 e. The predicted molar refractivity (Wildman–Crippen MR) is 87.6 cm³/mol. The van der Waals surface area contributed by atoms with Crippen LogP contribution in [0.2, 0.25) is 0 Å². The number of fused-ring (bicyclic) bond motifs is 1. The van der Waals surface area contributed by atoms with E-state index >= 15 is 0 Å². The van der Waals surface area contributed by atoms with Gasteiger partial charge in [0.15, 0.2) is 0 Å². The second kappa shape index (κ2) is 10.6. The maximum atomic E-state index is 2.26. The summed E-state index contributed by atoms with van der Waals surface area (Å²) >= 11 is 0. The standard InChI is InChI=1S/C10H8.C9H20/c1-2-6-10-8-4-3-7-9(10)5-1;1-3-5-7-9-8-6-4-2/h1-8H;3-9H2,1-2H3. The van der Waals surface area contributed by atoms with Gasteiger partial charge in [-0.1, -0.05) is 107 Å². The highest BCUT2D eigenvalue weighted by molar-refractivity contribution is 5.81. The molecule has 19 heavy (non-hydrogen) atoms. The maximum absolute atomic E-state index is 2.26. The van der Waals surface area contributed by atoms with Gasteiger partial charge in [0.25, 0.3) is 0 Å². The summed E-state index contributed by atoms with van der Waals surface area (Å²) in [7, 11) is 0. The van der Waals surface area contributed by atoms with Gasteiger partial charge in [0.05, 0.1) is 0 Å². The lowest BCUT2D eigenvalue weighted by atomic mass is 10.1. The third kappa shape index (κ3) is 7.00. The Bertz CT molecular complexity index is 359. The van der Waals surface area contributed by atoms with E-state index in [1.165, 1.54) is 55.7 Å². The van der Waals surface area contributed by atoms with E-state index in [-0.39, 0.29) is 0 Å². The number of rotatable bonds is 6. The first-order chi connectivity index (χ1) is 9.38. The van der Waals surface area contributed by atoms with E-state index in [0.29, 0.717) is 0 Å². The molecule has 0 heteroatoms. The minimum atomic E-state index is 1.31. The molecule has 0 saturated carbocycles. The number of hydrogen-bond donors (Lipinski definition) is 0. The lowest BCUT2D eigenvalue weighted by molar-refractivity contribution is 0.602. The van der Waals surface area contributed by atoms with Crippen molar-refractivity contribution in [3.8, 4) is 0 Å². The zero-order valence-electron chi connectivity index (χ0n) is 12.6. The molecular formula is C19H28. The monoisotopic (exact) mass is 256 g/mol. The molecule has 0 nitrogen and oxygen atoms in total. The summed E-state index contributed by atoms with van der Waals surface area (Å²) in [6.07, 6.45) is 9.97. The van der Waals surface area contributed by atoms with E-state index in [9.17, 15) is 0 Å². The van der Waals surface area contributed by atoms with Crippen molar-refractivity contribution in [3.05, 3.63) is 48.5 Å². The molecule has 0 fully saturated rings. The van der Waals surface area contributed by atoms with Crippen molar-refractivity contribution >= 4 is 10.8 Å². The van der Waals surface area contributed by atoms with Crippen molar-refractivity contribution < 1.29 is 0 Å². The van der Waals surface area contributed by atoms with Crippen molar-refractivity contribution in [2.75, 3.05) is 0 Å². The van der Waals surface area contributed by atoms with Crippen LogP contribution in [0.5, 0.6) is 0 Å². The van der Waals surface area contributed by atoms with Crippen molar-refractivity contribution in [3.63, 3.8) is 0 Å². The van der Waals surface area contributed by atoms with E-state index in [1.54, 1.807) is 0 Å². The summed E-state index contributed by atoms with van der Waals surface area (Å²) in [6, 6.07) is 16.7. The van der Waals surface area contributed by atoms with Crippen molar-refractivity contribution in [1.82, 2.24) is 0 Å². The van der Waals surface area contributed by atoms with Crippen LogP contribution in [0.15, 0.2) is 48.5 Å². The van der Waals surface area contributed by atoms with Gasteiger partial charge in [-0.3, -0.25) is 0 Å². The van der Waals surface area contributed by atoms with Crippen LogP contribution in [-0.2, 0) is 0 Å². The Balaban J connectivity index is 0.000000192. The fourth-order valence-electron chi connectivity index (χ4n) is 2.16. The maximum Gasteiger partial charge on any atom is -0.0184 e. The highest BCUT2D eigenvalue weighted by Gasteiger charge is 1.86. The molecule has 0 aromatic heterocycles. The third-order valence-corrected chi connectivity index (χ3v) is 3.37. The first-order valence-electron chi connectivity index (χ1n) is 7.82. The van der Waals surface area contributed by atoms with Gasteiger partial charge in [0, 0.05) is 0 Å². The SMILES string of the molecule is CCCCCCCCC.c1ccc2ccccc2c1. The van der Waals surface area contributed by atoms with Gasteiger partial charge < -0.3 is 0 Å². The molecule has 0 bridgehead atoms. The van der Waals surface area contributed by atoms with Gasteiger partial charge in [-0.2, -0.15) is 0 Å². The lowest BCUT2D eigenvalue weighted by Gasteiger charge is -1.96. The molecular weight excluding hydrogens is 228 g/mol. The van der Waals surface area contributed by atoms with Crippen molar-refractivity contribution in [2.24, 2.45) is 0 Å². The summed E-state index contributed by atoms with van der Waals surface area (Å²) in [5.74, 6) is 0. The molecule has 104 valence electrons. The predicted octanol–water partition coefficient (Wildman–Crippen LogP) is 6.60. The molecule has 0 unspecified atom stereocenters. The molecule has 0 amide bonds. The lowest BCUT2D eigenvalue weighted by Crippen LogP contribution is -1.76. The van der Waals surface area contributed by atoms with Gasteiger partial charge >= 0.3 is 0 Å². The number of unbranched alkanes of at least 4 members (excludes halogenated alkanes) is 6. The second-order valence-electron chi connectivity index (χ2n) is 5.11. The Hall–Kier alpha value is -1.30. The van der Waals surface area contributed by atoms with Crippen LogP contribution in [0, 0.1) is 0 Å². The second-order valence-corrected chi connectivity index (χ2v) is 5.11. The zero-order valence-corrected chi connectivity index (χ0v) is 12.6. The molecule has 2 rings (SSSR count). The Morgan fingerprint density at radius 2 is 0.842 bits per heavy atom. The highest BCUT2D eigenvalue weighted by Crippen LogP contribution is 2.11. The van der Waals surface area contributed by atoms with Crippen LogP contribution in [0.1, 0.15) is 58.8 Å². The first-order valence-corrected chi connectivity index (χ1v) is 7.82. The van der Waals surface area contributed by atoms with Gasteiger partial charge in [-0.25, -0.2) is 0 Å². The van der Waals surface area contributed by atoms with Gasteiger partial charge in [-0.15, -0.1) is 0 Å². The van der Waals surface area contributed by atoms with E-state index in [0.717, 1.165) is 0 Å². The van der Waals surface area contributed by atoms with E-state index in [4.69, 9.17) is 0 Å². The van der Waals surface area contributed by atoms with Gasteiger partial charge in [0.2, 0.25) is 0 Å². The van der Waals surface area contributed by atoms with E-state index in [1.807, 2.05) is 0 Å². The summed E-state index contributed by atoms with van der Waals surface area (Å²) in [6.45, 7) is 4.53. The Morgan fingerprint density at radius 1 is 0.526 bits per heavy atom. The molecule has 0 aliphatic carbocycles. The molecule has 0 heterocycles. The van der Waals surface area contributed by atoms with Crippen molar-refractivity contribution in [2.45, 2.75) is 58.8 Å². The Morgan fingerprint density at radius 3 is 1.16 bits per heavy atom. The van der Waals surface area contributed by atoms with E-state index < -0.39 is 0 Å². The van der Waals surface area contributed by atoms with Crippen LogP contribution < -0.4 is 0 Å². The third-order valence-electron chi connectivity index (χ3n) is 3.37. The summed E-state index contributed by atoms with van der Waals surface area (Å²) in [5, 5.41) is 2.62. The van der Waals surface area contributed by atoms with Crippen LogP contribution in [-0.4, -0.2) is 0 Å². The minimum Gasteiger partial charge on any atom is -0.0654 e. The minimum absolute atomic E-state index is 1.31. The van der Waals surface area contributed by atoms with E-state index in [2.05, 4.69) is 62.4 Å². The summed E-state index contributed by atoms with van der Waals surface area (Å²) < 4.78 is 0. The molecule has 0 radical (unpaired) electrons. The molecule has 0 N–H and O–H groups in total. The average molecular weight is 256 g/mol. The Kier molecular flexibility index (Phi) is 8.80. The number of hydrogen-bond acceptors (Lipinski definition) is 0. The normalized spacial score (nSPS) is 10.0. The zero-order chi connectivity index (χ0) is 13.8. The topological polar surface area (TPSA) is 0 Å². The molecule has 0 spiro atoms. The number of benzene rings is 2. The summed E-state index contributed by atoms with van der Waals surface area (Å²) in [4.78, 5) is 0. The smallest absolute Gasteiger partial charge is 0.0184 e. The fourth-order valence-corrected chi connectivity index (χ4v) is 2.16. The molecule has 0 aliphatic rings. The van der Waals surface area contributed by atoms with Crippen molar-refractivity contribution in [1.29, 1.82) is 0 Å². The molecule has 0 aliphatic heterocycles. The summed E-state index contributed by atoms with van der Waals surface area (Å²) in [5.41, 5.74) is 0. The van der Waals surface area contributed by atoms with Crippen LogP contribution >= 0.6 is 0 Å². The molecule has 2 aromatic rings. The van der Waals surface area contributed by atoms with Crippen LogP contribution in [0.4, 0.5) is 0 Å². The highest BCUT2D eigenvalue weighted by atomic mass is 13.9. The molecule has 2 aromatic carbocycles.